The van der Waals surface area contributed by atoms with Gasteiger partial charge in [0.15, 0.2) is 19.7 Å². The van der Waals surface area contributed by atoms with Gasteiger partial charge < -0.3 is 10.1 Å². The molecule has 10 heteroatoms. The van der Waals surface area contributed by atoms with E-state index in [2.05, 4.69) is 16.3 Å². The van der Waals surface area contributed by atoms with Crippen molar-refractivity contribution in [2.75, 3.05) is 37.7 Å². The summed E-state index contributed by atoms with van der Waals surface area (Å²) in [5.41, 5.74) is 0. The molecule has 3 atom stereocenters. The Morgan fingerprint density at radius 3 is 2.50 bits per heavy atom. The molecule has 2 aromatic rings. The number of hydrogen-bond acceptors (Lipinski definition) is 8. The van der Waals surface area contributed by atoms with Crippen LogP contribution in [0.5, 0.6) is 5.75 Å². The predicted octanol–water partition coefficient (Wildman–Crippen LogP) is 2.51. The number of hydrogen-bond donors (Lipinski definition) is 1. The van der Waals surface area contributed by atoms with E-state index in [4.69, 9.17) is 4.74 Å². The molecule has 4 rings (SSSR count). The zero-order valence-electron chi connectivity index (χ0n) is 18.1. The maximum Gasteiger partial charge on any atom is 0.183 e. The Hall–Kier alpha value is -1.46. The highest BCUT2D eigenvalue weighted by atomic mass is 32.2. The van der Waals surface area contributed by atoms with E-state index in [-0.39, 0.29) is 22.4 Å². The van der Waals surface area contributed by atoms with Crippen molar-refractivity contribution in [3.05, 3.63) is 46.7 Å². The summed E-state index contributed by atoms with van der Waals surface area (Å²) in [6, 6.07) is 9.82. The van der Waals surface area contributed by atoms with Crippen LogP contribution in [0.15, 0.2) is 46.7 Å². The van der Waals surface area contributed by atoms with E-state index in [1.165, 1.54) is 17.0 Å². The fourth-order valence-corrected chi connectivity index (χ4v) is 10.2. The van der Waals surface area contributed by atoms with Crippen molar-refractivity contribution in [3.63, 3.8) is 0 Å². The first-order chi connectivity index (χ1) is 15.3. The number of rotatable bonds is 9. The first kappa shape index (κ1) is 23.7. The molecule has 0 radical (unpaired) electrons. The Balaban J connectivity index is 1.54. The number of likely N-dealkylation sites (tertiary alicyclic amines) is 1. The number of nitrogens with zero attached hydrogens (tertiary/aromatic N) is 1. The molecule has 0 amide bonds. The minimum atomic E-state index is -3.82. The van der Waals surface area contributed by atoms with E-state index < -0.39 is 31.0 Å². The van der Waals surface area contributed by atoms with E-state index >= 15 is 0 Å². The maximum atomic E-state index is 13.4. The molecule has 0 spiro atoms. The van der Waals surface area contributed by atoms with Crippen LogP contribution in [0.1, 0.15) is 30.7 Å². The highest BCUT2D eigenvalue weighted by molar-refractivity contribution is 7.96. The number of ether oxygens (including phenoxy) is 1. The molecule has 0 bridgehead atoms. The zero-order chi connectivity index (χ0) is 22.8. The second-order valence-electron chi connectivity index (χ2n) is 8.35. The summed E-state index contributed by atoms with van der Waals surface area (Å²) < 4.78 is 57.1. The smallest absolute Gasteiger partial charge is 0.183 e. The van der Waals surface area contributed by atoms with Crippen LogP contribution in [-0.2, 0) is 19.7 Å². The van der Waals surface area contributed by atoms with Gasteiger partial charge in [0.2, 0.25) is 0 Å². The standard InChI is InChI=1S/C22H30N2O5S3/c1-2-29-17-7-9-18(10-8-17)32(27,28)22-16-31(25,26)15-19(22)23-14-20(21-6-5-13-30-21)24-11-3-4-12-24/h5-10,13,19-20,22-23H,2-4,11-12,14-16H2,1H3/t19-,20?,22-/m0/s1. The second-order valence-corrected chi connectivity index (χ2v) is 13.7. The summed E-state index contributed by atoms with van der Waals surface area (Å²) >= 11 is 1.68. The van der Waals surface area contributed by atoms with Gasteiger partial charge in [-0.1, -0.05) is 6.07 Å². The lowest BCUT2D eigenvalue weighted by Crippen LogP contribution is -2.46. The summed E-state index contributed by atoms with van der Waals surface area (Å²) in [4.78, 5) is 3.74. The number of sulfone groups is 2. The minimum absolute atomic E-state index is 0.120. The van der Waals surface area contributed by atoms with Crippen LogP contribution >= 0.6 is 11.3 Å². The fourth-order valence-electron chi connectivity index (χ4n) is 4.59. The van der Waals surface area contributed by atoms with Crippen LogP contribution in [0.4, 0.5) is 0 Å². The molecule has 1 N–H and O–H groups in total. The van der Waals surface area contributed by atoms with Crippen molar-refractivity contribution in [2.24, 2.45) is 0 Å². The topological polar surface area (TPSA) is 92.8 Å². The van der Waals surface area contributed by atoms with Gasteiger partial charge in [-0.3, -0.25) is 4.90 Å². The first-order valence-electron chi connectivity index (χ1n) is 11.0. The molecule has 3 heterocycles. The van der Waals surface area contributed by atoms with Gasteiger partial charge >= 0.3 is 0 Å². The Kier molecular flexibility index (Phi) is 7.26. The van der Waals surface area contributed by atoms with Crippen LogP contribution in [0.2, 0.25) is 0 Å². The third kappa shape index (κ3) is 5.20. The highest BCUT2D eigenvalue weighted by Crippen LogP contribution is 2.30. The van der Waals surface area contributed by atoms with E-state index in [1.54, 1.807) is 23.5 Å². The molecular formula is C22H30N2O5S3. The molecule has 2 saturated heterocycles. The Morgan fingerprint density at radius 1 is 1.16 bits per heavy atom. The van der Waals surface area contributed by atoms with Crippen molar-refractivity contribution in [1.82, 2.24) is 10.2 Å². The summed E-state index contributed by atoms with van der Waals surface area (Å²) in [6.07, 6.45) is 2.29. The molecule has 1 aromatic carbocycles. The quantitative estimate of drug-likeness (QED) is 0.568. The van der Waals surface area contributed by atoms with Gasteiger partial charge in [-0.2, -0.15) is 0 Å². The highest BCUT2D eigenvalue weighted by Gasteiger charge is 2.46. The third-order valence-corrected chi connectivity index (χ3v) is 11.3. The molecular weight excluding hydrogens is 468 g/mol. The summed E-state index contributed by atoms with van der Waals surface area (Å²) in [5.74, 6) is 0.0724. The van der Waals surface area contributed by atoms with E-state index in [1.807, 2.05) is 18.4 Å². The van der Waals surface area contributed by atoms with Crippen molar-refractivity contribution in [3.8, 4) is 5.75 Å². The van der Waals surface area contributed by atoms with Crippen molar-refractivity contribution < 1.29 is 21.6 Å². The molecule has 0 aliphatic carbocycles. The monoisotopic (exact) mass is 498 g/mol. The van der Waals surface area contributed by atoms with Gasteiger partial charge in [0.05, 0.1) is 34.3 Å². The normalized spacial score (nSPS) is 24.5. The van der Waals surface area contributed by atoms with Gasteiger partial charge in [0.25, 0.3) is 0 Å². The zero-order valence-corrected chi connectivity index (χ0v) is 20.6. The van der Waals surface area contributed by atoms with Crippen LogP contribution in [0.3, 0.4) is 0 Å². The van der Waals surface area contributed by atoms with Crippen LogP contribution < -0.4 is 10.1 Å². The lowest BCUT2D eigenvalue weighted by molar-refractivity contribution is 0.237. The van der Waals surface area contributed by atoms with E-state index in [0.29, 0.717) is 18.9 Å². The molecule has 0 saturated carbocycles. The number of nitrogens with one attached hydrogen (secondary N) is 1. The van der Waals surface area contributed by atoms with Gasteiger partial charge in [-0.15, -0.1) is 11.3 Å². The Bertz CT molecular complexity index is 1090. The lowest BCUT2D eigenvalue weighted by atomic mass is 10.2. The molecule has 1 unspecified atom stereocenters. The summed E-state index contributed by atoms with van der Waals surface area (Å²) in [7, 11) is -7.27. The molecule has 2 fully saturated rings. The fraction of sp³-hybridized carbons (Fsp3) is 0.545. The molecule has 176 valence electrons. The summed E-state index contributed by atoms with van der Waals surface area (Å²) in [5, 5.41) is 4.37. The van der Waals surface area contributed by atoms with Gasteiger partial charge in [-0.25, -0.2) is 16.8 Å². The minimum Gasteiger partial charge on any atom is -0.494 e. The van der Waals surface area contributed by atoms with Gasteiger partial charge in [-0.05, 0) is 68.6 Å². The predicted molar refractivity (Wildman–Crippen MR) is 127 cm³/mol. The molecule has 1 aromatic heterocycles. The molecule has 2 aliphatic heterocycles. The molecule has 32 heavy (non-hydrogen) atoms. The molecule has 7 nitrogen and oxygen atoms in total. The van der Waals surface area contributed by atoms with Crippen molar-refractivity contribution >= 4 is 31.0 Å². The lowest BCUT2D eigenvalue weighted by Gasteiger charge is -2.29. The maximum absolute atomic E-state index is 13.4. The van der Waals surface area contributed by atoms with Crippen LogP contribution in [-0.4, -0.2) is 70.8 Å². The largest absolute Gasteiger partial charge is 0.494 e. The third-order valence-electron chi connectivity index (χ3n) is 6.19. The molecule has 2 aliphatic rings. The average Bonchev–Trinajstić information content (AvgIpc) is 3.51. The van der Waals surface area contributed by atoms with E-state index in [9.17, 15) is 16.8 Å². The average molecular weight is 499 g/mol. The van der Waals surface area contributed by atoms with Gasteiger partial charge in [0.1, 0.15) is 5.75 Å². The SMILES string of the molecule is CCOc1ccc(S(=O)(=O)[C@H]2CS(=O)(=O)C[C@@H]2NCC(c2cccs2)N2CCCC2)cc1. The second kappa shape index (κ2) is 9.80. The van der Waals surface area contributed by atoms with Gasteiger partial charge in [0, 0.05) is 17.5 Å². The Labute approximate surface area is 194 Å². The number of benzene rings is 1. The van der Waals surface area contributed by atoms with Crippen LogP contribution in [0, 0.1) is 0 Å². The Morgan fingerprint density at radius 2 is 1.88 bits per heavy atom. The van der Waals surface area contributed by atoms with Crippen LogP contribution in [0.25, 0.3) is 0 Å². The van der Waals surface area contributed by atoms with Crippen molar-refractivity contribution in [1.29, 1.82) is 0 Å². The summed E-state index contributed by atoms with van der Waals surface area (Å²) in [6.45, 7) is 4.87. The first-order valence-corrected chi connectivity index (χ1v) is 15.2. The number of thiophene rings is 1. The van der Waals surface area contributed by atoms with E-state index in [0.717, 1.165) is 25.9 Å². The van der Waals surface area contributed by atoms with Crippen molar-refractivity contribution in [2.45, 2.75) is 42.0 Å².